The van der Waals surface area contributed by atoms with Gasteiger partial charge in [-0.2, -0.15) is 0 Å². The van der Waals surface area contributed by atoms with E-state index in [0.717, 1.165) is 24.1 Å². The van der Waals surface area contributed by atoms with Gasteiger partial charge in [-0.3, -0.25) is 4.79 Å². The molecule has 0 unspecified atom stereocenters. The number of aryl methyl sites for hydroxylation is 1. The number of carbonyl (C=O) groups is 1. The Morgan fingerprint density at radius 2 is 2.05 bits per heavy atom. The van der Waals surface area contributed by atoms with Crippen LogP contribution in [-0.2, 0) is 6.42 Å². The number of rotatable bonds is 5. The van der Waals surface area contributed by atoms with Crippen LogP contribution in [0, 0.1) is 5.82 Å². The van der Waals surface area contributed by atoms with E-state index in [1.807, 2.05) is 18.2 Å². The number of halogens is 1. The van der Waals surface area contributed by atoms with Gasteiger partial charge in [0.05, 0.1) is 0 Å². The minimum Gasteiger partial charge on any atom is -0.399 e. The summed E-state index contributed by atoms with van der Waals surface area (Å²) in [5.74, 6) is -0.961. The largest absolute Gasteiger partial charge is 0.399 e. The van der Waals surface area contributed by atoms with E-state index in [4.69, 9.17) is 10.8 Å². The normalized spacial score (nSPS) is 10.4. The second-order valence-corrected chi connectivity index (χ2v) is 4.75. The number of nitrogens with two attached hydrogens (primary N) is 1. The second-order valence-electron chi connectivity index (χ2n) is 4.75. The first-order valence-electron chi connectivity index (χ1n) is 6.65. The van der Waals surface area contributed by atoms with Crippen LogP contribution in [0.5, 0.6) is 0 Å². The van der Waals surface area contributed by atoms with Crippen LogP contribution in [0.15, 0.2) is 42.5 Å². The highest BCUT2D eigenvalue weighted by Gasteiger charge is 2.09. The Labute approximate surface area is 122 Å². The molecule has 0 saturated carbocycles. The number of amides is 1. The van der Waals surface area contributed by atoms with Crippen LogP contribution in [-0.4, -0.2) is 17.6 Å². The zero-order valence-corrected chi connectivity index (χ0v) is 11.5. The summed E-state index contributed by atoms with van der Waals surface area (Å²) in [4.78, 5) is 12.1. The van der Waals surface area contributed by atoms with Gasteiger partial charge in [-0.15, -0.1) is 0 Å². The van der Waals surface area contributed by atoms with Crippen molar-refractivity contribution in [3.05, 3.63) is 59.4 Å². The molecular weight excluding hydrogens is 271 g/mol. The minimum absolute atomic E-state index is 0.124. The number of carbonyl (C=O) groups excluding carboxylic acids is 1. The predicted octanol–water partition coefficient (Wildman–Crippen LogP) is 2.59. The smallest absolute Gasteiger partial charge is 0.255 e. The van der Waals surface area contributed by atoms with Gasteiger partial charge in [-0.1, -0.05) is 12.1 Å². The first-order valence-corrected chi connectivity index (χ1v) is 6.65. The van der Waals surface area contributed by atoms with Crippen molar-refractivity contribution in [1.82, 2.24) is 0 Å². The van der Waals surface area contributed by atoms with Gasteiger partial charge >= 0.3 is 0 Å². The molecule has 0 aromatic heterocycles. The molecule has 4 N–H and O–H groups in total. The van der Waals surface area contributed by atoms with Crippen molar-refractivity contribution in [2.24, 2.45) is 0 Å². The maximum Gasteiger partial charge on any atom is 0.255 e. The van der Waals surface area contributed by atoms with Crippen molar-refractivity contribution in [3.63, 3.8) is 0 Å². The molecule has 110 valence electrons. The summed E-state index contributed by atoms with van der Waals surface area (Å²) in [5, 5.41) is 11.5. The number of hydrogen-bond acceptors (Lipinski definition) is 3. The third-order valence-corrected chi connectivity index (χ3v) is 2.99. The molecule has 0 saturated heterocycles. The standard InChI is InChI=1S/C16H17FN2O2/c17-13-8-12(9-14(18)10-13)16(21)19-15-5-1-3-11(7-15)4-2-6-20/h1,3,5,7-10,20H,2,4,6,18H2,(H,19,21). The number of aliphatic hydroxyl groups excluding tert-OH is 1. The van der Waals surface area contributed by atoms with Gasteiger partial charge in [0.25, 0.3) is 5.91 Å². The van der Waals surface area contributed by atoms with Gasteiger partial charge in [0, 0.05) is 23.5 Å². The molecule has 2 aromatic carbocycles. The molecule has 0 bridgehead atoms. The van der Waals surface area contributed by atoms with E-state index in [1.54, 1.807) is 6.07 Å². The van der Waals surface area contributed by atoms with Crippen molar-refractivity contribution < 1.29 is 14.3 Å². The number of hydrogen-bond donors (Lipinski definition) is 3. The Hall–Kier alpha value is -2.40. The number of anilines is 2. The molecule has 2 aromatic rings. The van der Waals surface area contributed by atoms with E-state index in [0.29, 0.717) is 12.1 Å². The molecule has 0 heterocycles. The molecule has 0 atom stereocenters. The highest BCUT2D eigenvalue weighted by Crippen LogP contribution is 2.16. The fourth-order valence-corrected chi connectivity index (χ4v) is 2.03. The van der Waals surface area contributed by atoms with Crippen molar-refractivity contribution in [3.8, 4) is 0 Å². The number of nitrogens with one attached hydrogen (secondary N) is 1. The summed E-state index contributed by atoms with van der Waals surface area (Å²) in [6, 6.07) is 11.1. The minimum atomic E-state index is -0.545. The Morgan fingerprint density at radius 3 is 2.76 bits per heavy atom. The van der Waals surface area contributed by atoms with E-state index in [1.165, 1.54) is 6.07 Å². The van der Waals surface area contributed by atoms with Gasteiger partial charge in [0.15, 0.2) is 0 Å². The summed E-state index contributed by atoms with van der Waals surface area (Å²) in [7, 11) is 0. The van der Waals surface area contributed by atoms with Crippen LogP contribution in [0.2, 0.25) is 0 Å². The molecule has 0 radical (unpaired) electrons. The lowest BCUT2D eigenvalue weighted by atomic mass is 10.1. The first-order chi connectivity index (χ1) is 10.1. The molecule has 0 aliphatic rings. The second kappa shape index (κ2) is 6.85. The maximum atomic E-state index is 13.2. The monoisotopic (exact) mass is 288 g/mol. The van der Waals surface area contributed by atoms with Crippen LogP contribution in [0.1, 0.15) is 22.3 Å². The zero-order chi connectivity index (χ0) is 15.2. The quantitative estimate of drug-likeness (QED) is 0.740. The van der Waals surface area contributed by atoms with Crippen LogP contribution >= 0.6 is 0 Å². The lowest BCUT2D eigenvalue weighted by Crippen LogP contribution is -2.12. The molecule has 5 heteroatoms. The molecule has 0 aliphatic heterocycles. The fourth-order valence-electron chi connectivity index (χ4n) is 2.03. The van der Waals surface area contributed by atoms with Crippen LogP contribution < -0.4 is 11.1 Å². The molecule has 1 amide bonds. The van der Waals surface area contributed by atoms with E-state index in [2.05, 4.69) is 5.32 Å². The summed E-state index contributed by atoms with van der Waals surface area (Å²) in [5.41, 5.74) is 7.54. The van der Waals surface area contributed by atoms with Gasteiger partial charge in [0.1, 0.15) is 5.82 Å². The van der Waals surface area contributed by atoms with E-state index >= 15 is 0 Å². The number of benzene rings is 2. The van der Waals surface area contributed by atoms with E-state index in [9.17, 15) is 9.18 Å². The Bertz CT molecular complexity index is 624. The molecule has 21 heavy (non-hydrogen) atoms. The topological polar surface area (TPSA) is 75.4 Å². The Morgan fingerprint density at radius 1 is 1.24 bits per heavy atom. The third kappa shape index (κ3) is 4.29. The summed E-state index contributed by atoms with van der Waals surface area (Å²) in [6.07, 6.45) is 1.39. The molecular formula is C16H17FN2O2. The van der Waals surface area contributed by atoms with Crippen LogP contribution in [0.25, 0.3) is 0 Å². The summed E-state index contributed by atoms with van der Waals surface area (Å²) in [6.45, 7) is 0.124. The van der Waals surface area contributed by atoms with E-state index < -0.39 is 11.7 Å². The Balaban J connectivity index is 2.11. The molecule has 0 aliphatic carbocycles. The highest BCUT2D eigenvalue weighted by atomic mass is 19.1. The average molecular weight is 288 g/mol. The SMILES string of the molecule is Nc1cc(F)cc(C(=O)Nc2cccc(CCCO)c2)c1. The van der Waals surface area contributed by atoms with Crippen molar-refractivity contribution in [2.45, 2.75) is 12.8 Å². The predicted molar refractivity (Wildman–Crippen MR) is 80.6 cm³/mol. The molecule has 0 spiro atoms. The fraction of sp³-hybridized carbons (Fsp3) is 0.188. The maximum absolute atomic E-state index is 13.2. The van der Waals surface area contributed by atoms with Crippen molar-refractivity contribution in [2.75, 3.05) is 17.7 Å². The molecule has 2 rings (SSSR count). The summed E-state index contributed by atoms with van der Waals surface area (Å²) < 4.78 is 13.2. The van der Waals surface area contributed by atoms with Crippen LogP contribution in [0.3, 0.4) is 0 Å². The molecule has 0 fully saturated rings. The van der Waals surface area contributed by atoms with Crippen LogP contribution in [0.4, 0.5) is 15.8 Å². The third-order valence-electron chi connectivity index (χ3n) is 2.99. The Kier molecular flexibility index (Phi) is 4.90. The lowest BCUT2D eigenvalue weighted by Gasteiger charge is -2.08. The summed E-state index contributed by atoms with van der Waals surface area (Å²) >= 11 is 0. The van der Waals surface area contributed by atoms with Gasteiger partial charge in [-0.25, -0.2) is 4.39 Å². The van der Waals surface area contributed by atoms with Gasteiger partial charge < -0.3 is 16.2 Å². The van der Waals surface area contributed by atoms with Crippen molar-refractivity contribution >= 4 is 17.3 Å². The van der Waals surface area contributed by atoms with Gasteiger partial charge in [-0.05, 0) is 48.7 Å². The number of nitrogen functional groups attached to an aromatic ring is 1. The number of aliphatic hydroxyl groups is 1. The lowest BCUT2D eigenvalue weighted by molar-refractivity contribution is 0.102. The van der Waals surface area contributed by atoms with Crippen molar-refractivity contribution in [1.29, 1.82) is 0 Å². The molecule has 4 nitrogen and oxygen atoms in total. The van der Waals surface area contributed by atoms with Gasteiger partial charge in [0.2, 0.25) is 0 Å². The van der Waals surface area contributed by atoms with E-state index in [-0.39, 0.29) is 17.9 Å². The zero-order valence-electron chi connectivity index (χ0n) is 11.5. The average Bonchev–Trinajstić information content (AvgIpc) is 2.44. The highest BCUT2D eigenvalue weighted by molar-refractivity contribution is 6.04. The first kappa shape index (κ1) is 15.0.